The van der Waals surface area contributed by atoms with E-state index in [1.165, 1.54) is 0 Å². The van der Waals surface area contributed by atoms with Crippen LogP contribution in [0.1, 0.15) is 51.4 Å². The van der Waals surface area contributed by atoms with E-state index < -0.39 is 0 Å². The summed E-state index contributed by atoms with van der Waals surface area (Å²) in [7, 11) is 0. The lowest BCUT2D eigenvalue weighted by molar-refractivity contribution is -0.124. The minimum absolute atomic E-state index is 0.0459. The highest BCUT2D eigenvalue weighted by molar-refractivity contribution is 8.29. The maximum absolute atomic E-state index is 13.3. The fourth-order valence-corrected chi connectivity index (χ4v) is 8.67. The molecule has 2 N–H and O–H groups in total. The Bertz CT molecular complexity index is 1890. The molecule has 0 aliphatic carbocycles. The van der Waals surface area contributed by atoms with Crippen molar-refractivity contribution in [3.63, 3.8) is 0 Å². The number of amides is 4. The Balaban J connectivity index is 0.900. The second-order valence-electron chi connectivity index (χ2n) is 12.1. The number of carbonyl (C=O) groups is 4. The number of carbonyl (C=O) groups excluding carboxylic acids is 4. The Labute approximate surface area is 310 Å². The third-order valence-electron chi connectivity index (χ3n) is 8.54. The molecule has 12 heteroatoms. The van der Waals surface area contributed by atoms with Crippen molar-refractivity contribution in [1.29, 1.82) is 0 Å². The Morgan fingerprint density at radius 2 is 0.940 bits per heavy atom. The summed E-state index contributed by atoms with van der Waals surface area (Å²) in [6.45, 7) is 0.852. The number of fused-ring (bicyclic) bond motifs is 2. The first kappa shape index (κ1) is 35.7. The van der Waals surface area contributed by atoms with Gasteiger partial charge in [-0.15, -0.1) is 0 Å². The summed E-state index contributed by atoms with van der Waals surface area (Å²) in [6.07, 6.45) is 5.01. The molecule has 8 nitrogen and oxygen atoms in total. The summed E-state index contributed by atoms with van der Waals surface area (Å²) in [6, 6.07) is 27.7. The van der Waals surface area contributed by atoms with Crippen LogP contribution in [0.25, 0.3) is 21.5 Å². The molecule has 4 amide bonds. The first-order valence-electron chi connectivity index (χ1n) is 16.7. The highest BCUT2D eigenvalue weighted by Gasteiger charge is 2.41. The van der Waals surface area contributed by atoms with Gasteiger partial charge in [-0.2, -0.15) is 0 Å². The zero-order valence-electron chi connectivity index (χ0n) is 27.3. The molecule has 0 unspecified atom stereocenters. The monoisotopic (exact) mass is 740 g/mol. The van der Waals surface area contributed by atoms with Crippen LogP contribution < -0.4 is 10.6 Å². The third-order valence-corrected chi connectivity index (χ3v) is 11.6. The van der Waals surface area contributed by atoms with E-state index in [0.29, 0.717) is 70.1 Å². The smallest absolute Gasteiger partial charge is 0.267 e. The van der Waals surface area contributed by atoms with Gasteiger partial charge in [-0.05, 0) is 71.5 Å². The van der Waals surface area contributed by atoms with Crippen molar-refractivity contribution in [2.24, 2.45) is 0 Å². The number of unbranched alkanes of at least 4 members (excludes halogenated alkanes) is 4. The lowest BCUT2D eigenvalue weighted by atomic mass is 10.1. The predicted octanol–water partition coefficient (Wildman–Crippen LogP) is 8.62. The van der Waals surface area contributed by atoms with Gasteiger partial charge in [0.1, 0.15) is 8.64 Å². The molecule has 0 spiro atoms. The molecule has 2 fully saturated rings. The quantitative estimate of drug-likeness (QED) is 0.0754. The van der Waals surface area contributed by atoms with Gasteiger partial charge in [-0.25, -0.2) is 0 Å². The molecule has 0 bridgehead atoms. The van der Waals surface area contributed by atoms with Gasteiger partial charge in [0, 0.05) is 37.3 Å². The average molecular weight is 741 g/mol. The largest absolute Gasteiger partial charge is 0.326 e. The highest BCUT2D eigenvalue weighted by atomic mass is 32.2. The molecule has 0 radical (unpaired) electrons. The minimum atomic E-state index is -0.271. The van der Waals surface area contributed by atoms with Crippen molar-refractivity contribution in [3.8, 4) is 0 Å². The molecule has 0 aromatic heterocycles. The molecule has 2 aliphatic heterocycles. The highest BCUT2D eigenvalue weighted by Crippen LogP contribution is 2.42. The Hall–Kier alpha value is -4.10. The summed E-state index contributed by atoms with van der Waals surface area (Å²) in [4.78, 5) is 55.4. The molecule has 6 rings (SSSR count). The topological polar surface area (TPSA) is 98.8 Å². The summed E-state index contributed by atoms with van der Waals surface area (Å²) in [5.74, 6) is -0.635. The molecule has 2 saturated heterocycles. The average Bonchev–Trinajstić information content (AvgIpc) is 3.55. The molecular formula is C38H36N4O4S4. The van der Waals surface area contributed by atoms with Gasteiger partial charge < -0.3 is 10.6 Å². The maximum Gasteiger partial charge on any atom is 0.267 e. The standard InChI is InChI=1S/C38H36N4O4S4/c43-31(39-29-19-17-25-11-5-7-13-27(25)23-29)15-3-1-9-21-41-35(45)33(49-37(41)47)34-36(46)42(38(48)50-34)22-10-2-4-16-32(44)40-30-20-18-26-12-6-8-14-28(26)24-30/h5-8,11-14,17-20,23-24H,1-4,9-10,15-16,21-22H2,(H,39,43)(H,40,44)/b34-33+. The van der Waals surface area contributed by atoms with Gasteiger partial charge in [0.25, 0.3) is 11.8 Å². The molecule has 2 heterocycles. The van der Waals surface area contributed by atoms with Gasteiger partial charge in [0.15, 0.2) is 0 Å². The summed E-state index contributed by atoms with van der Waals surface area (Å²) >= 11 is 13.3. The third kappa shape index (κ3) is 8.79. The first-order valence-corrected chi connectivity index (χ1v) is 19.1. The maximum atomic E-state index is 13.3. The van der Waals surface area contributed by atoms with Crippen LogP contribution in [0.2, 0.25) is 0 Å². The fourth-order valence-electron chi connectivity index (χ4n) is 5.90. The van der Waals surface area contributed by atoms with Crippen LogP contribution in [0.5, 0.6) is 0 Å². The molecule has 2 aliphatic rings. The molecular weight excluding hydrogens is 705 g/mol. The summed E-state index contributed by atoms with van der Waals surface area (Å²) in [5.41, 5.74) is 1.55. The molecule has 256 valence electrons. The Kier molecular flexibility index (Phi) is 12.0. The van der Waals surface area contributed by atoms with Gasteiger partial charge in [0.05, 0.1) is 9.81 Å². The number of hydrogen-bond acceptors (Lipinski definition) is 8. The van der Waals surface area contributed by atoms with Crippen molar-refractivity contribution >= 4 is 113 Å². The predicted molar refractivity (Wildman–Crippen MR) is 213 cm³/mol. The number of nitrogens with zero attached hydrogens (tertiary/aromatic N) is 2. The zero-order chi connectivity index (χ0) is 35.0. The van der Waals surface area contributed by atoms with E-state index in [9.17, 15) is 19.2 Å². The van der Waals surface area contributed by atoms with Gasteiger partial charge in [-0.3, -0.25) is 29.0 Å². The van der Waals surface area contributed by atoms with Gasteiger partial charge >= 0.3 is 0 Å². The fraction of sp³-hybridized carbons (Fsp3) is 0.263. The number of hydrogen-bond donors (Lipinski definition) is 2. The number of benzene rings is 4. The van der Waals surface area contributed by atoms with Crippen LogP contribution in [-0.2, 0) is 19.2 Å². The number of anilines is 2. The van der Waals surface area contributed by atoms with E-state index in [2.05, 4.69) is 10.6 Å². The number of thioether (sulfide) groups is 2. The van der Waals surface area contributed by atoms with E-state index in [-0.39, 0.29) is 23.6 Å². The number of thiocarbonyl (C=S) groups is 2. The van der Waals surface area contributed by atoms with Gasteiger partial charge in [-0.1, -0.05) is 121 Å². The molecule has 4 aromatic rings. The van der Waals surface area contributed by atoms with Crippen LogP contribution >= 0.6 is 48.0 Å². The van der Waals surface area contributed by atoms with Crippen LogP contribution in [0.15, 0.2) is 94.7 Å². The lowest BCUT2D eigenvalue weighted by Gasteiger charge is -2.14. The van der Waals surface area contributed by atoms with Crippen LogP contribution in [0.3, 0.4) is 0 Å². The number of nitrogens with one attached hydrogen (secondary N) is 2. The minimum Gasteiger partial charge on any atom is -0.326 e. The second kappa shape index (κ2) is 16.7. The number of rotatable bonds is 14. The van der Waals surface area contributed by atoms with E-state index in [4.69, 9.17) is 24.4 Å². The zero-order valence-corrected chi connectivity index (χ0v) is 30.6. The van der Waals surface area contributed by atoms with E-state index >= 15 is 0 Å². The molecule has 0 saturated carbocycles. The second-order valence-corrected chi connectivity index (χ2v) is 15.4. The normalized spacial score (nSPS) is 16.2. The molecule has 50 heavy (non-hydrogen) atoms. The molecule has 4 aromatic carbocycles. The van der Waals surface area contributed by atoms with Crippen molar-refractivity contribution in [2.45, 2.75) is 51.4 Å². The Morgan fingerprint density at radius 3 is 1.36 bits per heavy atom. The van der Waals surface area contributed by atoms with Crippen molar-refractivity contribution in [2.75, 3.05) is 23.7 Å². The van der Waals surface area contributed by atoms with E-state index in [0.717, 1.165) is 69.3 Å². The van der Waals surface area contributed by atoms with Crippen molar-refractivity contribution in [3.05, 3.63) is 94.7 Å². The lowest BCUT2D eigenvalue weighted by Crippen LogP contribution is -2.31. The first-order chi connectivity index (χ1) is 24.3. The van der Waals surface area contributed by atoms with Crippen LogP contribution in [0, 0.1) is 0 Å². The summed E-state index contributed by atoms with van der Waals surface area (Å²) < 4.78 is 0.845. The van der Waals surface area contributed by atoms with Gasteiger partial charge in [0.2, 0.25) is 11.8 Å². The van der Waals surface area contributed by atoms with Crippen molar-refractivity contribution < 1.29 is 19.2 Å². The van der Waals surface area contributed by atoms with E-state index in [1.807, 2.05) is 84.9 Å². The summed E-state index contributed by atoms with van der Waals surface area (Å²) in [5, 5.41) is 10.3. The van der Waals surface area contributed by atoms with E-state index in [1.54, 1.807) is 9.80 Å². The van der Waals surface area contributed by atoms with Crippen molar-refractivity contribution in [1.82, 2.24) is 9.80 Å². The Morgan fingerprint density at radius 1 is 0.540 bits per heavy atom. The van der Waals surface area contributed by atoms with Crippen LogP contribution in [-0.4, -0.2) is 55.2 Å². The molecule has 0 atom stereocenters. The SMILES string of the molecule is O=C(CCCCCN1C(=O)/C(=C2\SC(=S)N(CCCCCC(=O)Nc3ccc4ccccc4c3)C2=O)SC1=S)Nc1ccc2ccccc2c1. The van der Waals surface area contributed by atoms with Crippen LogP contribution in [0.4, 0.5) is 11.4 Å².